The monoisotopic (exact) mass is 296 g/mol. The second-order valence-corrected chi connectivity index (χ2v) is 5.07. The molecule has 2 rings (SSSR count). The van der Waals surface area contributed by atoms with E-state index in [-0.39, 0.29) is 17.7 Å². The summed E-state index contributed by atoms with van der Waals surface area (Å²) >= 11 is 5.72. The zero-order valence-electron chi connectivity index (χ0n) is 10.7. The van der Waals surface area contributed by atoms with E-state index in [1.54, 1.807) is 24.3 Å². The van der Waals surface area contributed by atoms with Crippen LogP contribution in [0, 0.1) is 11.6 Å². The molecule has 0 amide bonds. The number of hydrogen-bond acceptors (Lipinski definition) is 2. The van der Waals surface area contributed by atoms with Gasteiger partial charge in [0.15, 0.2) is 0 Å². The van der Waals surface area contributed by atoms with Gasteiger partial charge in [-0.3, -0.25) is 11.3 Å². The van der Waals surface area contributed by atoms with E-state index in [4.69, 9.17) is 17.4 Å². The molecule has 0 aliphatic carbocycles. The summed E-state index contributed by atoms with van der Waals surface area (Å²) in [5.74, 6) is 4.87. The molecular weight excluding hydrogens is 282 g/mol. The zero-order valence-corrected chi connectivity index (χ0v) is 11.5. The Morgan fingerprint density at radius 2 is 1.75 bits per heavy atom. The highest BCUT2D eigenvalue weighted by Gasteiger charge is 2.12. The predicted octanol–water partition coefficient (Wildman–Crippen LogP) is 3.24. The molecule has 3 N–H and O–H groups in total. The minimum Gasteiger partial charge on any atom is -0.271 e. The van der Waals surface area contributed by atoms with Gasteiger partial charge in [-0.2, -0.15) is 0 Å². The fourth-order valence-corrected chi connectivity index (χ4v) is 2.21. The maximum absolute atomic E-state index is 13.7. The molecule has 0 saturated carbocycles. The SMILES string of the molecule is NNC(Cc1ccc(F)cc1)Cc1ccc(Cl)cc1F. The van der Waals surface area contributed by atoms with Crippen LogP contribution in [-0.2, 0) is 12.8 Å². The van der Waals surface area contributed by atoms with Gasteiger partial charge in [0.25, 0.3) is 0 Å². The first kappa shape index (κ1) is 14.9. The minimum atomic E-state index is -0.350. The number of nitrogens with one attached hydrogen (secondary N) is 1. The molecule has 5 heteroatoms. The van der Waals surface area contributed by atoms with Crippen molar-refractivity contribution in [2.24, 2.45) is 5.84 Å². The normalized spacial score (nSPS) is 12.4. The molecule has 0 aliphatic heterocycles. The Labute approximate surface area is 121 Å². The first-order valence-corrected chi connectivity index (χ1v) is 6.61. The van der Waals surface area contributed by atoms with Crippen molar-refractivity contribution < 1.29 is 8.78 Å². The van der Waals surface area contributed by atoms with Crippen molar-refractivity contribution >= 4 is 11.6 Å². The second-order valence-electron chi connectivity index (χ2n) is 4.63. The van der Waals surface area contributed by atoms with E-state index in [0.29, 0.717) is 23.4 Å². The van der Waals surface area contributed by atoms with E-state index in [1.165, 1.54) is 18.2 Å². The van der Waals surface area contributed by atoms with Gasteiger partial charge in [-0.1, -0.05) is 29.8 Å². The van der Waals surface area contributed by atoms with E-state index in [9.17, 15) is 8.78 Å². The van der Waals surface area contributed by atoms with Gasteiger partial charge in [-0.05, 0) is 48.2 Å². The van der Waals surface area contributed by atoms with Crippen LogP contribution >= 0.6 is 11.6 Å². The summed E-state index contributed by atoms with van der Waals surface area (Å²) < 4.78 is 26.6. The van der Waals surface area contributed by atoms with Gasteiger partial charge in [0, 0.05) is 11.1 Å². The van der Waals surface area contributed by atoms with Gasteiger partial charge in [-0.15, -0.1) is 0 Å². The molecule has 0 radical (unpaired) electrons. The third-order valence-electron chi connectivity index (χ3n) is 3.11. The quantitative estimate of drug-likeness (QED) is 0.657. The Hall–Kier alpha value is -1.49. The Morgan fingerprint density at radius 1 is 1.05 bits per heavy atom. The molecule has 0 fully saturated rings. The summed E-state index contributed by atoms with van der Waals surface area (Å²) in [6.07, 6.45) is 1.01. The van der Waals surface area contributed by atoms with E-state index in [1.807, 2.05) is 0 Å². The Bertz CT molecular complexity index is 573. The molecule has 2 nitrogen and oxygen atoms in total. The smallest absolute Gasteiger partial charge is 0.127 e. The van der Waals surface area contributed by atoms with Crippen molar-refractivity contribution in [1.29, 1.82) is 0 Å². The first-order chi connectivity index (χ1) is 9.58. The highest BCUT2D eigenvalue weighted by Crippen LogP contribution is 2.17. The number of hydrogen-bond donors (Lipinski definition) is 2. The number of hydrazine groups is 1. The van der Waals surface area contributed by atoms with Crippen molar-refractivity contribution in [3.8, 4) is 0 Å². The fraction of sp³-hybridized carbons (Fsp3) is 0.200. The Kier molecular flexibility index (Phi) is 5.06. The highest BCUT2D eigenvalue weighted by atomic mass is 35.5. The van der Waals surface area contributed by atoms with Crippen LogP contribution in [0.3, 0.4) is 0 Å². The lowest BCUT2D eigenvalue weighted by Gasteiger charge is -2.16. The van der Waals surface area contributed by atoms with E-state index in [0.717, 1.165) is 5.56 Å². The van der Waals surface area contributed by atoms with Crippen molar-refractivity contribution in [3.05, 3.63) is 70.2 Å². The van der Waals surface area contributed by atoms with E-state index < -0.39 is 0 Å². The molecule has 1 atom stereocenters. The Morgan fingerprint density at radius 3 is 2.35 bits per heavy atom. The zero-order chi connectivity index (χ0) is 14.5. The molecule has 106 valence electrons. The van der Waals surface area contributed by atoms with Crippen LogP contribution in [-0.4, -0.2) is 6.04 Å². The van der Waals surface area contributed by atoms with Gasteiger partial charge < -0.3 is 0 Å². The fourth-order valence-electron chi connectivity index (χ4n) is 2.05. The van der Waals surface area contributed by atoms with Crippen LogP contribution in [0.15, 0.2) is 42.5 Å². The molecule has 0 aliphatic rings. The van der Waals surface area contributed by atoms with E-state index in [2.05, 4.69) is 5.43 Å². The van der Waals surface area contributed by atoms with Crippen LogP contribution in [0.4, 0.5) is 8.78 Å². The topological polar surface area (TPSA) is 38.0 Å². The second kappa shape index (κ2) is 6.79. The average molecular weight is 297 g/mol. The summed E-state index contributed by atoms with van der Waals surface area (Å²) in [5, 5.41) is 0.363. The van der Waals surface area contributed by atoms with Crippen LogP contribution in [0.1, 0.15) is 11.1 Å². The molecule has 0 aromatic heterocycles. The molecule has 20 heavy (non-hydrogen) atoms. The summed E-state index contributed by atoms with van der Waals surface area (Å²) in [4.78, 5) is 0. The van der Waals surface area contributed by atoms with Crippen molar-refractivity contribution in [2.45, 2.75) is 18.9 Å². The molecule has 0 bridgehead atoms. The van der Waals surface area contributed by atoms with Crippen LogP contribution in [0.5, 0.6) is 0 Å². The van der Waals surface area contributed by atoms with Gasteiger partial charge in [0.1, 0.15) is 11.6 Å². The number of benzene rings is 2. The summed E-state index contributed by atoms with van der Waals surface area (Å²) in [5.41, 5.74) is 4.14. The van der Waals surface area contributed by atoms with Gasteiger partial charge in [0.05, 0.1) is 0 Å². The lowest BCUT2D eigenvalue weighted by molar-refractivity contribution is 0.506. The molecule has 2 aromatic rings. The summed E-state index contributed by atoms with van der Waals surface area (Å²) in [6.45, 7) is 0. The van der Waals surface area contributed by atoms with E-state index >= 15 is 0 Å². The average Bonchev–Trinajstić information content (AvgIpc) is 2.43. The third kappa shape index (κ3) is 4.00. The van der Waals surface area contributed by atoms with Gasteiger partial charge >= 0.3 is 0 Å². The largest absolute Gasteiger partial charge is 0.271 e. The van der Waals surface area contributed by atoms with Crippen LogP contribution in [0.25, 0.3) is 0 Å². The Balaban J connectivity index is 2.07. The van der Waals surface area contributed by atoms with Crippen LogP contribution < -0.4 is 11.3 Å². The lowest BCUT2D eigenvalue weighted by Crippen LogP contribution is -2.38. The first-order valence-electron chi connectivity index (χ1n) is 6.23. The maximum atomic E-state index is 13.7. The van der Waals surface area contributed by atoms with Crippen LogP contribution in [0.2, 0.25) is 5.02 Å². The predicted molar refractivity (Wildman–Crippen MR) is 76.3 cm³/mol. The molecule has 0 spiro atoms. The summed E-state index contributed by atoms with van der Waals surface area (Å²) in [7, 11) is 0. The number of rotatable bonds is 5. The number of nitrogens with two attached hydrogens (primary N) is 1. The molecule has 1 unspecified atom stereocenters. The lowest BCUT2D eigenvalue weighted by atomic mass is 9.99. The summed E-state index contributed by atoms with van der Waals surface area (Å²) in [6, 6.07) is 10.6. The van der Waals surface area contributed by atoms with Crippen molar-refractivity contribution in [3.63, 3.8) is 0 Å². The van der Waals surface area contributed by atoms with Gasteiger partial charge in [0.2, 0.25) is 0 Å². The molecule has 0 heterocycles. The molecular formula is C15H15ClF2N2. The van der Waals surface area contributed by atoms with Gasteiger partial charge in [-0.25, -0.2) is 8.78 Å². The highest BCUT2D eigenvalue weighted by molar-refractivity contribution is 6.30. The molecule has 0 saturated heterocycles. The maximum Gasteiger partial charge on any atom is 0.127 e. The third-order valence-corrected chi connectivity index (χ3v) is 3.35. The standard InChI is InChI=1S/C15H15ClF2N2/c16-12-4-3-11(15(18)9-12)8-14(20-19)7-10-1-5-13(17)6-2-10/h1-6,9,14,20H,7-8,19H2. The van der Waals surface area contributed by atoms with Crippen molar-refractivity contribution in [2.75, 3.05) is 0 Å². The van der Waals surface area contributed by atoms with Crippen molar-refractivity contribution in [1.82, 2.24) is 5.43 Å². The molecule has 2 aromatic carbocycles. The minimum absolute atomic E-state index is 0.142. The number of halogens is 3.